The Kier molecular flexibility index (Phi) is 14.6. The molecule has 2 aliphatic rings. The standard InChI is InChI=1S/C42H58F6O9/c1-23(2)20-38(10,24(3)4)35(51)57-32-19-18-31(33-29(49)16-17-30(50)34(32)33)54-21-26(7)39(11,25(5)6)36(52)56-28-14-12-27(13-15-28)37(8,9)55-22-40(53,41(43,44)45)42(46,47)48/h16-19,23-28,53H,12-15,20-22H2,1-11H3. The van der Waals surface area contributed by atoms with Crippen LogP contribution in [0.3, 0.4) is 0 Å². The lowest BCUT2D eigenvalue weighted by Gasteiger charge is -2.42. The Hall–Kier alpha value is -3.46. The second-order valence-corrected chi connectivity index (χ2v) is 17.7. The molecule has 0 bridgehead atoms. The molecular weight excluding hydrogens is 762 g/mol. The highest BCUT2D eigenvalue weighted by molar-refractivity contribution is 6.24. The van der Waals surface area contributed by atoms with Crippen molar-refractivity contribution in [1.29, 1.82) is 0 Å². The van der Waals surface area contributed by atoms with E-state index < -0.39 is 82.4 Å². The van der Waals surface area contributed by atoms with Crippen LogP contribution in [0.4, 0.5) is 26.3 Å². The first-order valence-electron chi connectivity index (χ1n) is 19.4. The fourth-order valence-electron chi connectivity index (χ4n) is 7.48. The lowest BCUT2D eigenvalue weighted by atomic mass is 9.70. The van der Waals surface area contributed by atoms with Crippen LogP contribution < -0.4 is 9.47 Å². The van der Waals surface area contributed by atoms with Crippen molar-refractivity contribution in [2.24, 2.45) is 40.4 Å². The molecule has 322 valence electrons. The second kappa shape index (κ2) is 17.4. The second-order valence-electron chi connectivity index (χ2n) is 17.7. The molecule has 9 nitrogen and oxygen atoms in total. The summed E-state index contributed by atoms with van der Waals surface area (Å²) in [5.74, 6) is -3.30. The number of benzene rings is 1. The predicted molar refractivity (Wildman–Crippen MR) is 199 cm³/mol. The summed E-state index contributed by atoms with van der Waals surface area (Å²) in [6, 6.07) is 2.87. The van der Waals surface area contributed by atoms with E-state index in [9.17, 15) is 50.6 Å². The van der Waals surface area contributed by atoms with E-state index in [1.54, 1.807) is 13.8 Å². The molecule has 1 saturated carbocycles. The molecule has 0 heterocycles. The molecule has 1 N–H and O–H groups in total. The Morgan fingerprint density at radius 2 is 1.25 bits per heavy atom. The Morgan fingerprint density at radius 3 is 1.70 bits per heavy atom. The smallest absolute Gasteiger partial charge is 0.428 e. The third-order valence-corrected chi connectivity index (χ3v) is 12.5. The zero-order chi connectivity index (χ0) is 43.7. The van der Waals surface area contributed by atoms with Gasteiger partial charge in [-0.15, -0.1) is 0 Å². The number of fused-ring (bicyclic) bond motifs is 1. The predicted octanol–water partition coefficient (Wildman–Crippen LogP) is 9.67. The minimum atomic E-state index is -6.00. The van der Waals surface area contributed by atoms with E-state index in [0.717, 1.165) is 12.2 Å². The van der Waals surface area contributed by atoms with Crippen LogP contribution in [0.25, 0.3) is 0 Å². The van der Waals surface area contributed by atoms with Gasteiger partial charge in [-0.25, -0.2) is 0 Å². The van der Waals surface area contributed by atoms with Crippen LogP contribution in [0.2, 0.25) is 0 Å². The van der Waals surface area contributed by atoms with Crippen LogP contribution in [-0.2, 0) is 19.1 Å². The van der Waals surface area contributed by atoms with Gasteiger partial charge in [-0.1, -0.05) is 48.5 Å². The topological polar surface area (TPSA) is 125 Å². The quantitative estimate of drug-likeness (QED) is 0.0986. The number of esters is 2. The number of halogens is 6. The Morgan fingerprint density at radius 1 is 0.754 bits per heavy atom. The van der Waals surface area contributed by atoms with Crippen LogP contribution in [-0.4, -0.2) is 71.5 Å². The molecule has 0 aromatic heterocycles. The number of ketones is 2. The van der Waals surface area contributed by atoms with Crippen LogP contribution in [0, 0.1) is 40.4 Å². The maximum atomic E-state index is 13.9. The van der Waals surface area contributed by atoms with Crippen LogP contribution in [0.5, 0.6) is 11.5 Å². The summed E-state index contributed by atoms with van der Waals surface area (Å²) >= 11 is 0. The van der Waals surface area contributed by atoms with Gasteiger partial charge in [0, 0.05) is 5.92 Å². The van der Waals surface area contributed by atoms with Crippen LogP contribution in [0.15, 0.2) is 24.3 Å². The number of rotatable bonds is 16. The SMILES string of the molecule is CC(C)CC(C)(C(=O)Oc1ccc(OCC(C)C(C)(C(=O)OC2CCC(C(C)(C)OCC(O)(C(F)(F)F)C(F)(F)F)CC2)C(C)C)c2c1C(=O)C=CC2=O)C(C)C. The van der Waals surface area contributed by atoms with Gasteiger partial charge in [0.2, 0.25) is 0 Å². The van der Waals surface area contributed by atoms with Crippen LogP contribution in [0.1, 0.15) is 129 Å². The summed E-state index contributed by atoms with van der Waals surface area (Å²) in [7, 11) is 0. The van der Waals surface area contributed by atoms with Gasteiger partial charge < -0.3 is 24.1 Å². The zero-order valence-corrected chi connectivity index (χ0v) is 34.7. The molecule has 0 saturated heterocycles. The monoisotopic (exact) mass is 820 g/mol. The molecule has 57 heavy (non-hydrogen) atoms. The number of ether oxygens (including phenoxy) is 4. The summed E-state index contributed by atoms with van der Waals surface area (Å²) in [6.07, 6.45) is -8.76. The number of alkyl halides is 6. The molecule has 0 radical (unpaired) electrons. The lowest BCUT2D eigenvalue weighted by Crippen LogP contribution is -2.61. The summed E-state index contributed by atoms with van der Waals surface area (Å²) in [4.78, 5) is 53.8. The normalized spacial score (nSPS) is 20.9. The van der Waals surface area contributed by atoms with Crippen molar-refractivity contribution < 1.29 is 69.6 Å². The van der Waals surface area contributed by atoms with Gasteiger partial charge in [0.25, 0.3) is 5.60 Å². The maximum Gasteiger partial charge on any atom is 0.428 e. The van der Waals surface area contributed by atoms with Gasteiger partial charge in [0.05, 0.1) is 40.8 Å². The van der Waals surface area contributed by atoms with E-state index in [0.29, 0.717) is 6.42 Å². The first-order chi connectivity index (χ1) is 25.9. The van der Waals surface area contributed by atoms with Gasteiger partial charge in [-0.2, -0.15) is 26.3 Å². The van der Waals surface area contributed by atoms with Crippen molar-refractivity contribution in [2.75, 3.05) is 13.2 Å². The molecule has 1 fully saturated rings. The van der Waals surface area contributed by atoms with Gasteiger partial charge in [-0.05, 0) is 108 Å². The molecule has 15 heteroatoms. The molecule has 1 aromatic carbocycles. The number of hydrogen-bond donors (Lipinski definition) is 1. The van der Waals surface area contributed by atoms with Crippen molar-refractivity contribution in [3.63, 3.8) is 0 Å². The third kappa shape index (κ3) is 10.1. The van der Waals surface area contributed by atoms with E-state index in [2.05, 4.69) is 0 Å². The summed E-state index contributed by atoms with van der Waals surface area (Å²) in [5, 5.41) is 9.54. The van der Waals surface area contributed by atoms with Crippen molar-refractivity contribution >= 4 is 23.5 Å². The van der Waals surface area contributed by atoms with E-state index in [-0.39, 0.29) is 72.7 Å². The molecule has 0 aliphatic heterocycles. The molecule has 1 aromatic rings. The zero-order valence-electron chi connectivity index (χ0n) is 34.7. The molecule has 0 amide bonds. The van der Waals surface area contributed by atoms with Crippen molar-refractivity contribution in [3.8, 4) is 11.5 Å². The average Bonchev–Trinajstić information content (AvgIpc) is 3.09. The Balaban J connectivity index is 1.74. The van der Waals surface area contributed by atoms with Gasteiger partial charge >= 0.3 is 24.3 Å². The van der Waals surface area contributed by atoms with Gasteiger partial charge in [0.15, 0.2) is 11.6 Å². The highest BCUT2D eigenvalue weighted by Gasteiger charge is 2.71. The minimum Gasteiger partial charge on any atom is -0.492 e. The molecule has 3 unspecified atom stereocenters. The summed E-state index contributed by atoms with van der Waals surface area (Å²) in [6.45, 7) is 17.4. The number of aliphatic hydroxyl groups is 1. The van der Waals surface area contributed by atoms with Crippen molar-refractivity contribution in [3.05, 3.63) is 35.4 Å². The van der Waals surface area contributed by atoms with E-state index in [1.807, 2.05) is 48.5 Å². The van der Waals surface area contributed by atoms with E-state index in [4.69, 9.17) is 18.9 Å². The first kappa shape index (κ1) is 47.9. The number of hydrogen-bond acceptors (Lipinski definition) is 9. The van der Waals surface area contributed by atoms with Crippen molar-refractivity contribution in [2.45, 2.75) is 138 Å². The molecule has 0 spiro atoms. The summed E-state index contributed by atoms with van der Waals surface area (Å²) in [5.41, 5.74) is -8.65. The molecular formula is C42H58F6O9. The number of carbonyl (C=O) groups excluding carboxylic acids is 4. The van der Waals surface area contributed by atoms with E-state index >= 15 is 0 Å². The van der Waals surface area contributed by atoms with Gasteiger partial charge in [0.1, 0.15) is 17.6 Å². The van der Waals surface area contributed by atoms with E-state index in [1.165, 1.54) is 26.0 Å². The fourth-order valence-corrected chi connectivity index (χ4v) is 7.48. The lowest BCUT2D eigenvalue weighted by molar-refractivity contribution is -0.383. The molecule has 2 aliphatic carbocycles. The highest BCUT2D eigenvalue weighted by Crippen LogP contribution is 2.46. The summed E-state index contributed by atoms with van der Waals surface area (Å²) < 4.78 is 102. The number of allylic oxidation sites excluding steroid dienone is 2. The molecule has 3 atom stereocenters. The van der Waals surface area contributed by atoms with Crippen molar-refractivity contribution in [1.82, 2.24) is 0 Å². The number of carbonyl (C=O) groups is 4. The maximum absolute atomic E-state index is 13.9. The molecule has 3 rings (SSSR count). The van der Waals surface area contributed by atoms with Gasteiger partial charge in [-0.3, -0.25) is 19.2 Å². The largest absolute Gasteiger partial charge is 0.492 e. The minimum absolute atomic E-state index is 0.0573. The highest BCUT2D eigenvalue weighted by atomic mass is 19.4. The fraction of sp³-hybridized carbons (Fsp3) is 0.714. The average molecular weight is 821 g/mol. The third-order valence-electron chi connectivity index (χ3n) is 12.5. The first-order valence-corrected chi connectivity index (χ1v) is 19.4. The van der Waals surface area contributed by atoms with Crippen LogP contribution >= 0.6 is 0 Å². The Labute approximate surface area is 331 Å². The Bertz CT molecular complexity index is 1660.